The first-order chi connectivity index (χ1) is 20.4. The predicted octanol–water partition coefficient (Wildman–Crippen LogP) is 13.4. The molecule has 0 heterocycles. The van der Waals surface area contributed by atoms with Crippen molar-refractivity contribution in [3.63, 3.8) is 0 Å². The van der Waals surface area contributed by atoms with Gasteiger partial charge in [-0.2, -0.15) is 12.1 Å². The maximum atomic E-state index is 2.47. The molecule has 0 amide bonds. The minimum absolute atomic E-state index is 0. The molecule has 6 aromatic carbocycles. The molecule has 46 heavy (non-hydrogen) atoms. The van der Waals surface area contributed by atoms with Crippen LogP contribution in [-0.2, 0) is 42.1 Å². The molecule has 0 aromatic heterocycles. The van der Waals surface area contributed by atoms with Crippen LogP contribution < -0.4 is 0 Å². The topological polar surface area (TPSA) is 0 Å². The minimum Gasteiger partial charge on any atom is -0.358 e. The van der Waals surface area contributed by atoms with E-state index in [4.69, 9.17) is 0 Å². The summed E-state index contributed by atoms with van der Waals surface area (Å²) >= 11 is 0. The molecule has 0 atom stereocenters. The molecule has 0 saturated carbocycles. The maximum absolute atomic E-state index is 2.47. The summed E-state index contributed by atoms with van der Waals surface area (Å²) in [6, 6.07) is 41.8. The van der Waals surface area contributed by atoms with Crippen molar-refractivity contribution in [2.45, 2.75) is 84.5 Å². The maximum Gasteiger partial charge on any atom is 4.00 e. The Labute approximate surface area is 298 Å². The first kappa shape index (κ1) is 37.4. The van der Waals surface area contributed by atoms with Crippen molar-refractivity contribution in [2.24, 2.45) is 0 Å². The van der Waals surface area contributed by atoms with E-state index in [9.17, 15) is 0 Å². The van der Waals surface area contributed by atoms with Crippen LogP contribution >= 0.6 is 0 Å². The number of hydrogen-bond acceptors (Lipinski definition) is 0. The van der Waals surface area contributed by atoms with E-state index in [0.717, 1.165) is 12.8 Å². The molecule has 1 heteroatoms. The van der Waals surface area contributed by atoms with E-state index >= 15 is 0 Å². The summed E-state index contributed by atoms with van der Waals surface area (Å²) in [5.41, 5.74) is 11.0. The smallest absolute Gasteiger partial charge is 0.358 e. The Hall–Kier alpha value is -3.03. The zero-order valence-electron chi connectivity index (χ0n) is 29.8. The molecule has 0 nitrogen and oxygen atoms in total. The summed E-state index contributed by atoms with van der Waals surface area (Å²) in [4.78, 5) is 0. The number of benzene rings is 4. The molecule has 0 aliphatic rings. The molecule has 0 aliphatic carbocycles. The van der Waals surface area contributed by atoms with Crippen LogP contribution in [0, 0.1) is 14.9 Å². The Balaban J connectivity index is 0.00000192. The Morgan fingerprint density at radius 2 is 0.891 bits per heavy atom. The first-order valence-electron chi connectivity index (χ1n) is 16.0. The summed E-state index contributed by atoms with van der Waals surface area (Å²) < 4.78 is 0. The van der Waals surface area contributed by atoms with Crippen molar-refractivity contribution in [1.29, 1.82) is 0 Å². The number of fused-ring (bicyclic) bond motifs is 2. The van der Waals surface area contributed by atoms with Crippen LogP contribution in [0.5, 0.6) is 0 Å². The molecule has 0 bridgehead atoms. The number of rotatable bonds is 6. The van der Waals surface area contributed by atoms with Crippen molar-refractivity contribution in [2.75, 3.05) is 0 Å². The van der Waals surface area contributed by atoms with E-state index in [1.807, 2.05) is 0 Å². The average Bonchev–Trinajstić information content (AvgIpc) is 3.62. The summed E-state index contributed by atoms with van der Waals surface area (Å²) in [7, 11) is 0. The van der Waals surface area contributed by atoms with Gasteiger partial charge in [-0.3, -0.25) is 0 Å². The van der Waals surface area contributed by atoms with Gasteiger partial charge in [0.05, 0.1) is 0 Å². The van der Waals surface area contributed by atoms with Gasteiger partial charge in [-0.25, -0.2) is 0 Å². The second-order valence-electron chi connectivity index (χ2n) is 14.8. The van der Waals surface area contributed by atoms with Crippen LogP contribution in [0.1, 0.15) is 90.5 Å². The molecule has 6 rings (SSSR count). The zero-order chi connectivity index (χ0) is 30.6. The SMILES string of the molecule is CCCC(C)(c1cc2c(-c3ccc(C(C)(C)C)cc3)cccc2[cH-]1)c1cc2c(-c3ccc(C(C)(C)C)cc3)cccc2[cH-]1.[CH3-].[CH3-].[Hf+4]. The van der Waals surface area contributed by atoms with E-state index in [1.165, 1.54) is 66.1 Å². The molecule has 236 valence electrons. The van der Waals surface area contributed by atoms with Crippen LogP contribution in [0.15, 0.2) is 109 Å². The van der Waals surface area contributed by atoms with E-state index in [0.29, 0.717) is 0 Å². The molecule has 0 unspecified atom stereocenters. The monoisotopic (exact) mass is 772 g/mol. The molecule has 6 aromatic rings. The summed E-state index contributed by atoms with van der Waals surface area (Å²) in [6.07, 6.45) is 2.23. The minimum atomic E-state index is -0.0759. The molecule has 0 spiro atoms. The van der Waals surface area contributed by atoms with Crippen molar-refractivity contribution in [3.8, 4) is 22.3 Å². The second-order valence-corrected chi connectivity index (χ2v) is 14.8. The summed E-state index contributed by atoms with van der Waals surface area (Å²) in [6.45, 7) is 18.4. The van der Waals surface area contributed by atoms with Crippen molar-refractivity contribution in [3.05, 3.63) is 146 Å². The average molecular weight is 771 g/mol. The van der Waals surface area contributed by atoms with Crippen molar-refractivity contribution >= 4 is 21.5 Å². The Morgan fingerprint density at radius 1 is 0.522 bits per heavy atom. The Morgan fingerprint density at radius 3 is 1.22 bits per heavy atom. The third-order valence-corrected chi connectivity index (χ3v) is 9.65. The standard InChI is InChI=1S/C43H46.2CH3.Hf/c1-9-24-43(8,35-25-31-12-10-14-37(39(31)27-35)29-16-20-33(21-17-29)41(2,3)4)36-26-32-13-11-15-38(40(32)28-36)30-18-22-34(23-19-30)42(5,6)7;;;/h10-23,25-28H,9,24H2,1-8H3;2*1H3;/q-2;2*-1;+4. The van der Waals surface area contributed by atoms with Gasteiger partial charge in [0.15, 0.2) is 0 Å². The Kier molecular flexibility index (Phi) is 11.4. The number of hydrogen-bond donors (Lipinski definition) is 0. The van der Waals surface area contributed by atoms with Crippen LogP contribution in [-0.4, -0.2) is 0 Å². The largest absolute Gasteiger partial charge is 4.00 e. The van der Waals surface area contributed by atoms with Gasteiger partial charge in [0.25, 0.3) is 0 Å². The van der Waals surface area contributed by atoms with Crippen molar-refractivity contribution < 1.29 is 25.8 Å². The van der Waals surface area contributed by atoms with E-state index in [2.05, 4.69) is 165 Å². The molecular weight excluding hydrogens is 719 g/mol. The quantitative estimate of drug-likeness (QED) is 0.117. The van der Waals surface area contributed by atoms with Gasteiger partial charge in [-0.05, 0) is 44.9 Å². The van der Waals surface area contributed by atoms with Crippen molar-refractivity contribution in [1.82, 2.24) is 0 Å². The molecule has 0 radical (unpaired) electrons. The van der Waals surface area contributed by atoms with Gasteiger partial charge in [0, 0.05) is 0 Å². The van der Waals surface area contributed by atoms with E-state index in [1.54, 1.807) is 0 Å². The van der Waals surface area contributed by atoms with Crippen LogP contribution in [0.4, 0.5) is 0 Å². The Bertz CT molecular complexity index is 1740. The third-order valence-electron chi connectivity index (χ3n) is 9.65. The van der Waals surface area contributed by atoms with Crippen LogP contribution in [0.3, 0.4) is 0 Å². The van der Waals surface area contributed by atoms with Crippen LogP contribution in [0.2, 0.25) is 0 Å². The third kappa shape index (κ3) is 6.96. The molecule has 0 saturated heterocycles. The predicted molar refractivity (Wildman–Crippen MR) is 202 cm³/mol. The molecular formula is C45H52Hf. The first-order valence-corrected chi connectivity index (χ1v) is 16.0. The fourth-order valence-corrected chi connectivity index (χ4v) is 6.86. The van der Waals surface area contributed by atoms with Gasteiger partial charge in [0.2, 0.25) is 0 Å². The van der Waals surface area contributed by atoms with Gasteiger partial charge < -0.3 is 14.9 Å². The van der Waals surface area contributed by atoms with E-state index < -0.39 is 0 Å². The molecule has 0 N–H and O–H groups in total. The molecule has 0 fully saturated rings. The fourth-order valence-electron chi connectivity index (χ4n) is 6.86. The summed E-state index contributed by atoms with van der Waals surface area (Å²) in [5.74, 6) is 0. The fraction of sp³-hybridized carbons (Fsp3) is 0.289. The van der Waals surface area contributed by atoms with Crippen LogP contribution in [0.25, 0.3) is 43.8 Å². The van der Waals surface area contributed by atoms with Gasteiger partial charge in [-0.15, -0.1) is 69.1 Å². The summed E-state index contributed by atoms with van der Waals surface area (Å²) in [5, 5.41) is 5.34. The zero-order valence-corrected chi connectivity index (χ0v) is 33.4. The van der Waals surface area contributed by atoms with Gasteiger partial charge in [-0.1, -0.05) is 134 Å². The molecule has 0 aliphatic heterocycles. The van der Waals surface area contributed by atoms with E-state index in [-0.39, 0.29) is 56.9 Å². The van der Waals surface area contributed by atoms with Gasteiger partial charge in [0.1, 0.15) is 0 Å². The second kappa shape index (κ2) is 14.0. The van der Waals surface area contributed by atoms with Gasteiger partial charge >= 0.3 is 25.8 Å². The normalized spacial score (nSPS) is 12.0.